The molecule has 2 aromatic heterocycles. The Hall–Kier alpha value is -2.54. The first-order chi connectivity index (χ1) is 13.3. The maximum Gasteiger partial charge on any atom is 0.417 e. The van der Waals surface area contributed by atoms with Gasteiger partial charge in [-0.2, -0.15) is 13.2 Å². The van der Waals surface area contributed by atoms with Crippen molar-refractivity contribution in [3.8, 4) is 0 Å². The van der Waals surface area contributed by atoms with Crippen LogP contribution in [-0.4, -0.2) is 44.1 Å². The van der Waals surface area contributed by atoms with Gasteiger partial charge in [0.25, 0.3) is 0 Å². The summed E-state index contributed by atoms with van der Waals surface area (Å²) in [4.78, 5) is 10.4. The van der Waals surface area contributed by atoms with Gasteiger partial charge in [0.1, 0.15) is 5.69 Å². The third-order valence-corrected chi connectivity index (χ3v) is 7.28. The molecule has 0 atom stereocenters. The van der Waals surface area contributed by atoms with Gasteiger partial charge in [-0.05, 0) is 18.2 Å². The Bertz CT molecular complexity index is 1140. The van der Waals surface area contributed by atoms with Gasteiger partial charge in [-0.3, -0.25) is 4.98 Å². The second-order valence-corrected chi connectivity index (χ2v) is 10.2. The Kier molecular flexibility index (Phi) is 6.33. The topological polar surface area (TPSA) is 132 Å². The fourth-order valence-electron chi connectivity index (χ4n) is 2.14. The molecule has 2 N–H and O–H groups in total. The highest BCUT2D eigenvalue weighted by Crippen LogP contribution is 2.29. The Morgan fingerprint density at radius 1 is 1.03 bits per heavy atom. The molecule has 0 spiro atoms. The number of amidine groups is 1. The molecule has 0 aliphatic rings. The van der Waals surface area contributed by atoms with E-state index in [0.29, 0.717) is 6.20 Å². The number of pyridine rings is 2. The number of sulfone groups is 2. The van der Waals surface area contributed by atoms with Crippen molar-refractivity contribution >= 4 is 31.3 Å². The quantitative estimate of drug-likeness (QED) is 0.526. The lowest BCUT2D eigenvalue weighted by molar-refractivity contribution is -0.137. The third-order valence-electron chi connectivity index (χ3n) is 3.83. The highest BCUT2D eigenvalue weighted by atomic mass is 32.2. The number of halogens is 3. The fourth-order valence-corrected chi connectivity index (χ4v) is 4.13. The van der Waals surface area contributed by atoms with E-state index in [1.54, 1.807) is 0 Å². The van der Waals surface area contributed by atoms with Crippen molar-refractivity contribution in [1.29, 1.82) is 0 Å². The molecule has 0 fully saturated rings. The van der Waals surface area contributed by atoms with Gasteiger partial charge in [-0.15, -0.1) is 0 Å². The Morgan fingerprint density at radius 3 is 2.14 bits per heavy atom. The average molecular weight is 450 g/mol. The third kappa shape index (κ3) is 5.09. The Labute approximate surface area is 165 Å². The molecule has 2 heterocycles. The molecule has 2 aromatic rings. The minimum Gasteiger partial charge on any atom is -0.382 e. The maximum atomic E-state index is 12.6. The summed E-state index contributed by atoms with van der Waals surface area (Å²) in [7, 11) is -7.68. The molecule has 0 radical (unpaired) electrons. The van der Waals surface area contributed by atoms with E-state index < -0.39 is 42.1 Å². The number of nitrogens with zero attached hydrogens (tertiary/aromatic N) is 3. The van der Waals surface area contributed by atoms with E-state index >= 15 is 0 Å². The first-order valence-electron chi connectivity index (χ1n) is 8.15. The number of rotatable bonds is 6. The molecule has 0 aromatic carbocycles. The van der Waals surface area contributed by atoms with Gasteiger partial charge < -0.3 is 5.73 Å². The van der Waals surface area contributed by atoms with Gasteiger partial charge in [0.05, 0.1) is 26.9 Å². The maximum absolute atomic E-state index is 12.6. The van der Waals surface area contributed by atoms with Crippen LogP contribution < -0.4 is 5.73 Å². The lowest BCUT2D eigenvalue weighted by Gasteiger charge is -2.11. The summed E-state index contributed by atoms with van der Waals surface area (Å²) in [5.41, 5.74) is 4.50. The van der Waals surface area contributed by atoms with Gasteiger partial charge >= 0.3 is 6.18 Å². The van der Waals surface area contributed by atoms with Crippen molar-refractivity contribution in [3.63, 3.8) is 0 Å². The van der Waals surface area contributed by atoms with Crippen LogP contribution in [0.25, 0.3) is 0 Å². The van der Waals surface area contributed by atoms with Crippen LogP contribution in [0.2, 0.25) is 0 Å². The van der Waals surface area contributed by atoms with Crippen LogP contribution in [0, 0.1) is 0 Å². The molecular weight excluding hydrogens is 433 g/mol. The molecule has 0 amide bonds. The van der Waals surface area contributed by atoms with Crippen LogP contribution in [0.15, 0.2) is 45.4 Å². The lowest BCUT2D eigenvalue weighted by atomic mass is 10.3. The predicted octanol–water partition coefficient (Wildman–Crippen LogP) is 2.12. The van der Waals surface area contributed by atoms with Crippen molar-refractivity contribution < 1.29 is 30.0 Å². The average Bonchev–Trinajstić information content (AvgIpc) is 2.67. The van der Waals surface area contributed by atoms with Gasteiger partial charge in [0.15, 0.2) is 31.3 Å². The zero-order valence-electron chi connectivity index (χ0n) is 15.3. The SMILES string of the molecule is CCS(=O)(=O)c1cnc(C(N)=Nc2ccc(C(F)(F)F)cn2)c(S(=O)(=O)CC)c1. The van der Waals surface area contributed by atoms with Crippen LogP contribution in [-0.2, 0) is 25.9 Å². The van der Waals surface area contributed by atoms with Crippen LogP contribution >= 0.6 is 0 Å². The number of alkyl halides is 3. The molecule has 0 aliphatic carbocycles. The smallest absolute Gasteiger partial charge is 0.382 e. The largest absolute Gasteiger partial charge is 0.417 e. The van der Waals surface area contributed by atoms with E-state index in [1.165, 1.54) is 13.8 Å². The van der Waals surface area contributed by atoms with E-state index in [2.05, 4.69) is 15.0 Å². The summed E-state index contributed by atoms with van der Waals surface area (Å²) in [6.45, 7) is 2.74. The van der Waals surface area contributed by atoms with Gasteiger partial charge in [0, 0.05) is 12.4 Å². The van der Waals surface area contributed by atoms with E-state index in [0.717, 1.165) is 24.4 Å². The van der Waals surface area contributed by atoms with Crippen molar-refractivity contribution in [2.75, 3.05) is 11.5 Å². The molecular formula is C16H17F3N4O4S2. The van der Waals surface area contributed by atoms with Gasteiger partial charge in [-0.1, -0.05) is 13.8 Å². The first kappa shape index (κ1) is 22.7. The number of aliphatic imine (C=N–C) groups is 1. The van der Waals surface area contributed by atoms with Crippen LogP contribution in [0.5, 0.6) is 0 Å². The van der Waals surface area contributed by atoms with E-state index in [4.69, 9.17) is 5.73 Å². The number of nitrogens with two attached hydrogens (primary N) is 1. The minimum atomic E-state index is -4.58. The normalized spacial score (nSPS) is 13.5. The summed E-state index contributed by atoms with van der Waals surface area (Å²) < 4.78 is 86.8. The van der Waals surface area contributed by atoms with E-state index in [9.17, 15) is 30.0 Å². The molecule has 29 heavy (non-hydrogen) atoms. The van der Waals surface area contributed by atoms with E-state index in [-0.39, 0.29) is 27.9 Å². The summed E-state index contributed by atoms with van der Waals surface area (Å²) in [6.07, 6.45) is -3.07. The molecule has 0 saturated heterocycles. The Balaban J connectivity index is 2.59. The van der Waals surface area contributed by atoms with Gasteiger partial charge in [0.2, 0.25) is 0 Å². The number of hydrogen-bond donors (Lipinski definition) is 1. The summed E-state index contributed by atoms with van der Waals surface area (Å²) in [5, 5.41) is 0. The molecule has 158 valence electrons. The van der Waals surface area contributed by atoms with Crippen LogP contribution in [0.1, 0.15) is 25.1 Å². The van der Waals surface area contributed by atoms with Crippen LogP contribution in [0.4, 0.5) is 19.0 Å². The monoisotopic (exact) mass is 450 g/mol. The lowest BCUT2D eigenvalue weighted by Crippen LogP contribution is -2.21. The fraction of sp³-hybridized carbons (Fsp3) is 0.312. The summed E-state index contributed by atoms with van der Waals surface area (Å²) >= 11 is 0. The standard InChI is InChI=1S/C16H17F3N4O4S2/c1-3-28(24,25)11-7-12(29(26,27)4-2)14(22-9-11)15(20)23-13-6-5-10(8-21-13)16(17,18)19/h5-9H,3-4H2,1-2H3,(H2,20,21,23). The van der Waals surface area contributed by atoms with E-state index in [1.807, 2.05) is 0 Å². The highest BCUT2D eigenvalue weighted by Gasteiger charge is 2.30. The van der Waals surface area contributed by atoms with Crippen LogP contribution in [0.3, 0.4) is 0 Å². The van der Waals surface area contributed by atoms with Crippen molar-refractivity contribution in [2.24, 2.45) is 10.7 Å². The van der Waals surface area contributed by atoms with Gasteiger partial charge in [-0.25, -0.2) is 26.8 Å². The zero-order valence-corrected chi connectivity index (χ0v) is 16.9. The number of aromatic nitrogens is 2. The minimum absolute atomic E-state index is 0.206. The molecule has 0 bridgehead atoms. The molecule has 0 unspecified atom stereocenters. The van der Waals surface area contributed by atoms with Crippen molar-refractivity contribution in [2.45, 2.75) is 29.8 Å². The summed E-state index contributed by atoms with van der Waals surface area (Å²) in [6, 6.07) is 2.65. The molecule has 0 saturated carbocycles. The Morgan fingerprint density at radius 2 is 1.66 bits per heavy atom. The molecule has 13 heteroatoms. The summed E-state index contributed by atoms with van der Waals surface area (Å²) in [5.74, 6) is -1.27. The first-order valence-corrected chi connectivity index (χ1v) is 11.5. The molecule has 2 rings (SSSR count). The second kappa shape index (κ2) is 8.06. The van der Waals surface area contributed by atoms with Crippen molar-refractivity contribution in [1.82, 2.24) is 9.97 Å². The molecule has 8 nitrogen and oxygen atoms in total. The highest BCUT2D eigenvalue weighted by molar-refractivity contribution is 7.92. The number of hydrogen-bond acceptors (Lipinski definition) is 7. The molecule has 0 aliphatic heterocycles. The zero-order chi connectivity index (χ0) is 22.0. The van der Waals surface area contributed by atoms with Crippen molar-refractivity contribution in [3.05, 3.63) is 41.9 Å². The second-order valence-electron chi connectivity index (χ2n) is 5.72. The predicted molar refractivity (Wildman–Crippen MR) is 99.3 cm³/mol.